The molecule has 0 bridgehead atoms. The Morgan fingerprint density at radius 3 is 2.83 bits per heavy atom. The average molecular weight is 391 g/mol. The highest BCUT2D eigenvalue weighted by molar-refractivity contribution is 5.98. The van der Waals surface area contributed by atoms with E-state index in [9.17, 15) is 0 Å². The second-order valence-electron chi connectivity index (χ2n) is 8.17. The third-order valence-electron chi connectivity index (χ3n) is 5.54. The van der Waals surface area contributed by atoms with Gasteiger partial charge in [0.2, 0.25) is 0 Å². The van der Waals surface area contributed by atoms with Crippen LogP contribution in [0.25, 0.3) is 5.57 Å². The van der Waals surface area contributed by atoms with Crippen molar-refractivity contribution in [3.63, 3.8) is 0 Å². The van der Waals surface area contributed by atoms with E-state index in [0.717, 1.165) is 34.8 Å². The van der Waals surface area contributed by atoms with Crippen molar-refractivity contribution in [2.24, 2.45) is 10.9 Å². The summed E-state index contributed by atoms with van der Waals surface area (Å²) in [5.41, 5.74) is 6.63. The smallest absolute Gasteiger partial charge is 0.132 e. The van der Waals surface area contributed by atoms with Gasteiger partial charge >= 0.3 is 0 Å². The van der Waals surface area contributed by atoms with Gasteiger partial charge in [-0.15, -0.1) is 0 Å². The van der Waals surface area contributed by atoms with Crippen molar-refractivity contribution in [1.82, 2.24) is 4.98 Å². The molecule has 0 aromatic carbocycles. The summed E-state index contributed by atoms with van der Waals surface area (Å²) >= 11 is 0. The Labute approximate surface area is 175 Å². The van der Waals surface area contributed by atoms with Crippen LogP contribution in [0.1, 0.15) is 71.3 Å². The molecule has 1 saturated carbocycles. The van der Waals surface area contributed by atoms with Gasteiger partial charge < -0.3 is 10.6 Å². The molecule has 4 heteroatoms. The Morgan fingerprint density at radius 2 is 2.10 bits per heavy atom. The van der Waals surface area contributed by atoms with Gasteiger partial charge in [-0.25, -0.2) is 4.98 Å². The fourth-order valence-corrected chi connectivity index (χ4v) is 3.91. The minimum atomic E-state index is 0.581. The fraction of sp³-hybridized carbons (Fsp3) is 0.440. The average Bonchev–Trinajstić information content (AvgIpc) is 3.21. The van der Waals surface area contributed by atoms with Crippen LogP contribution < -0.4 is 10.6 Å². The monoisotopic (exact) mass is 390 g/mol. The summed E-state index contributed by atoms with van der Waals surface area (Å²) in [7, 11) is 0. The van der Waals surface area contributed by atoms with Gasteiger partial charge in [-0.3, -0.25) is 4.99 Å². The van der Waals surface area contributed by atoms with Crippen molar-refractivity contribution in [2.45, 2.75) is 65.7 Å². The van der Waals surface area contributed by atoms with E-state index < -0.39 is 0 Å². The first-order chi connectivity index (χ1) is 14.1. The van der Waals surface area contributed by atoms with Crippen LogP contribution in [0.5, 0.6) is 0 Å². The summed E-state index contributed by atoms with van der Waals surface area (Å²) in [4.78, 5) is 9.52. The molecule has 1 aliphatic heterocycles. The predicted molar refractivity (Wildman–Crippen MR) is 126 cm³/mol. The lowest BCUT2D eigenvalue weighted by atomic mass is 9.97. The van der Waals surface area contributed by atoms with E-state index in [1.54, 1.807) is 0 Å². The molecule has 154 valence electrons. The van der Waals surface area contributed by atoms with Gasteiger partial charge in [0, 0.05) is 47.6 Å². The minimum absolute atomic E-state index is 0.581. The number of unbranched alkanes of at least 4 members (excludes halogenated alkanes) is 1. The zero-order valence-electron chi connectivity index (χ0n) is 18.1. The summed E-state index contributed by atoms with van der Waals surface area (Å²) in [5, 5.41) is 6.67. The molecular formula is C25H34N4. The molecule has 1 aromatic heterocycles. The quantitative estimate of drug-likeness (QED) is 0.546. The summed E-state index contributed by atoms with van der Waals surface area (Å²) in [6.07, 6.45) is 19.1. The molecule has 0 spiro atoms. The van der Waals surface area contributed by atoms with Crippen molar-refractivity contribution in [3.8, 4) is 0 Å². The second-order valence-corrected chi connectivity index (χ2v) is 8.17. The number of anilines is 2. The first kappa shape index (κ1) is 21.1. The number of nitrogens with one attached hydrogen (secondary N) is 2. The lowest BCUT2D eigenvalue weighted by Gasteiger charge is -2.12. The standard InChI is InChI=1S/C25H34N4/c1-5-6-9-20-12-13-26-24-15-25(29-18(2)3)28-17-22(24)19(4)16-27-23(14-20)21-10-7-8-11-21/h12-17,21,26H,2,5-11H2,1,3-4H3,(H,28,29)/b13-12+,19-16-,20-14-,27-23+. The van der Waals surface area contributed by atoms with E-state index in [1.165, 1.54) is 49.8 Å². The van der Waals surface area contributed by atoms with E-state index in [4.69, 9.17) is 4.99 Å². The highest BCUT2D eigenvalue weighted by Gasteiger charge is 2.19. The summed E-state index contributed by atoms with van der Waals surface area (Å²) < 4.78 is 0. The molecule has 0 amide bonds. The van der Waals surface area contributed by atoms with E-state index in [0.29, 0.717) is 5.92 Å². The van der Waals surface area contributed by atoms with Crippen LogP contribution in [0.15, 0.2) is 59.7 Å². The van der Waals surface area contributed by atoms with E-state index in [-0.39, 0.29) is 0 Å². The third-order valence-corrected chi connectivity index (χ3v) is 5.54. The molecule has 0 atom stereocenters. The highest BCUT2D eigenvalue weighted by atomic mass is 15.0. The zero-order chi connectivity index (χ0) is 20.6. The molecular weight excluding hydrogens is 356 g/mol. The van der Waals surface area contributed by atoms with Crippen LogP contribution in [-0.4, -0.2) is 10.7 Å². The summed E-state index contributed by atoms with van der Waals surface area (Å²) in [6, 6.07) is 2.03. The van der Waals surface area contributed by atoms with E-state index in [2.05, 4.69) is 54.4 Å². The molecule has 1 aliphatic carbocycles. The summed E-state index contributed by atoms with van der Waals surface area (Å²) in [5.74, 6) is 1.37. The van der Waals surface area contributed by atoms with Gasteiger partial charge in [0.05, 0.1) is 5.69 Å². The Kier molecular flexibility index (Phi) is 7.45. The molecule has 0 radical (unpaired) electrons. The SMILES string of the molecule is C=C(C)Nc1cc2c(cn1)\C(C)=C/N=C(C1CCCC1)\C=C(CCCC)/C=C/N2. The van der Waals surface area contributed by atoms with Crippen molar-refractivity contribution in [1.29, 1.82) is 0 Å². The topological polar surface area (TPSA) is 49.3 Å². The first-order valence-electron chi connectivity index (χ1n) is 10.9. The molecule has 2 N–H and O–H groups in total. The van der Waals surface area contributed by atoms with E-state index >= 15 is 0 Å². The maximum Gasteiger partial charge on any atom is 0.132 e. The zero-order valence-corrected chi connectivity index (χ0v) is 18.1. The van der Waals surface area contributed by atoms with Gasteiger partial charge in [0.1, 0.15) is 5.82 Å². The summed E-state index contributed by atoms with van der Waals surface area (Å²) in [6.45, 7) is 10.2. The van der Waals surface area contributed by atoms with Crippen molar-refractivity contribution < 1.29 is 0 Å². The van der Waals surface area contributed by atoms with Gasteiger partial charge in [0.25, 0.3) is 0 Å². The highest BCUT2D eigenvalue weighted by Crippen LogP contribution is 2.30. The molecule has 1 aromatic rings. The first-order valence-corrected chi connectivity index (χ1v) is 10.9. The molecule has 2 aliphatic rings. The van der Waals surface area contributed by atoms with Crippen LogP contribution >= 0.6 is 0 Å². The van der Waals surface area contributed by atoms with Gasteiger partial charge in [-0.1, -0.05) is 32.8 Å². The number of nitrogens with zero attached hydrogens (tertiary/aromatic N) is 2. The van der Waals surface area contributed by atoms with E-state index in [1.807, 2.05) is 25.4 Å². The van der Waals surface area contributed by atoms with Crippen molar-refractivity contribution in [3.05, 3.63) is 60.2 Å². The van der Waals surface area contributed by atoms with Gasteiger partial charge in [0.15, 0.2) is 0 Å². The maximum absolute atomic E-state index is 4.98. The van der Waals surface area contributed by atoms with Crippen LogP contribution in [0.2, 0.25) is 0 Å². The number of aromatic nitrogens is 1. The fourth-order valence-electron chi connectivity index (χ4n) is 3.91. The van der Waals surface area contributed by atoms with Crippen LogP contribution in [0.4, 0.5) is 11.5 Å². The molecule has 4 nitrogen and oxygen atoms in total. The van der Waals surface area contributed by atoms with Gasteiger partial charge in [-0.2, -0.15) is 0 Å². The number of hydrogen-bond acceptors (Lipinski definition) is 4. The number of hydrogen-bond donors (Lipinski definition) is 2. The number of pyridine rings is 1. The third kappa shape index (κ3) is 5.93. The Hall–Kier alpha value is -2.62. The molecule has 0 saturated heterocycles. The second kappa shape index (κ2) is 10.2. The Balaban J connectivity index is 2.01. The molecule has 29 heavy (non-hydrogen) atoms. The predicted octanol–water partition coefficient (Wildman–Crippen LogP) is 7.07. The van der Waals surface area contributed by atoms with Gasteiger partial charge in [-0.05, 0) is 62.8 Å². The maximum atomic E-state index is 4.98. The molecule has 2 heterocycles. The number of allylic oxidation sites excluding steroid dienone is 5. The van der Waals surface area contributed by atoms with Crippen LogP contribution in [-0.2, 0) is 0 Å². The van der Waals surface area contributed by atoms with Crippen molar-refractivity contribution >= 4 is 22.8 Å². The van der Waals surface area contributed by atoms with Crippen LogP contribution in [0.3, 0.4) is 0 Å². The minimum Gasteiger partial charge on any atom is -0.361 e. The molecule has 3 rings (SSSR count). The Bertz CT molecular complexity index is 852. The normalized spacial score (nSPS) is 23.9. The van der Waals surface area contributed by atoms with Crippen molar-refractivity contribution in [2.75, 3.05) is 10.6 Å². The molecule has 1 fully saturated rings. The lowest BCUT2D eigenvalue weighted by molar-refractivity contribution is 0.730. The number of fused-ring (bicyclic) bond motifs is 1. The largest absolute Gasteiger partial charge is 0.361 e. The number of rotatable bonds is 6. The van der Waals surface area contributed by atoms with Crippen LogP contribution in [0, 0.1) is 5.92 Å². The molecule has 0 unspecified atom stereocenters. The lowest BCUT2D eigenvalue weighted by Crippen LogP contribution is -2.08. The number of aliphatic imine (C=N–C) groups is 1. The Morgan fingerprint density at radius 1 is 1.31 bits per heavy atom.